The van der Waals surface area contributed by atoms with Gasteiger partial charge in [-0.05, 0) is 13.0 Å². The van der Waals surface area contributed by atoms with Gasteiger partial charge in [0.1, 0.15) is 11.6 Å². The van der Waals surface area contributed by atoms with Gasteiger partial charge in [0.15, 0.2) is 0 Å². The van der Waals surface area contributed by atoms with Gasteiger partial charge >= 0.3 is 5.97 Å². The van der Waals surface area contributed by atoms with Crippen LogP contribution in [0.2, 0.25) is 0 Å². The predicted octanol–water partition coefficient (Wildman–Crippen LogP) is 2.91. The van der Waals surface area contributed by atoms with Crippen molar-refractivity contribution < 1.29 is 18.7 Å². The van der Waals surface area contributed by atoms with Crippen LogP contribution in [0.1, 0.15) is 22.8 Å². The van der Waals surface area contributed by atoms with Crippen LogP contribution in [0.15, 0.2) is 12.1 Å². The number of hydrogen-bond donors (Lipinski definition) is 0. The summed E-state index contributed by atoms with van der Waals surface area (Å²) in [6.45, 7) is 1.95. The van der Waals surface area contributed by atoms with E-state index in [1.807, 2.05) is 0 Å². The average Bonchev–Trinajstić information content (AvgIpc) is 2.28. The van der Waals surface area contributed by atoms with Crippen LogP contribution in [0.25, 0.3) is 0 Å². The largest absolute Gasteiger partial charge is 0.497 e. The van der Waals surface area contributed by atoms with E-state index in [4.69, 9.17) is 9.47 Å². The van der Waals surface area contributed by atoms with Gasteiger partial charge in [-0.3, -0.25) is 0 Å². The molecule has 0 bridgehead atoms. The van der Waals surface area contributed by atoms with Crippen molar-refractivity contribution in [3.8, 4) is 5.75 Å². The molecule has 0 saturated carbocycles. The summed E-state index contributed by atoms with van der Waals surface area (Å²) in [6.07, 6.45) is 0. The molecule has 88 valence electrons. The van der Waals surface area contributed by atoms with Crippen LogP contribution < -0.4 is 4.74 Å². The number of esters is 1. The van der Waals surface area contributed by atoms with Gasteiger partial charge in [0.05, 0.1) is 19.3 Å². The minimum Gasteiger partial charge on any atom is -0.497 e. The van der Waals surface area contributed by atoms with Crippen LogP contribution in [-0.4, -0.2) is 19.7 Å². The highest BCUT2D eigenvalue weighted by Gasteiger charge is 2.17. The first-order valence-corrected chi connectivity index (χ1v) is 5.85. The van der Waals surface area contributed by atoms with Crippen molar-refractivity contribution in [1.29, 1.82) is 0 Å². The molecule has 0 aliphatic heterocycles. The van der Waals surface area contributed by atoms with Gasteiger partial charge in [0.25, 0.3) is 0 Å². The van der Waals surface area contributed by atoms with Gasteiger partial charge in [0.2, 0.25) is 0 Å². The number of carbonyl (C=O) groups is 1. The summed E-state index contributed by atoms with van der Waals surface area (Å²) in [5.41, 5.74) is 0.467. The molecule has 1 aromatic carbocycles. The van der Waals surface area contributed by atoms with Crippen molar-refractivity contribution in [2.24, 2.45) is 0 Å². The molecular weight excluding hydrogens is 279 g/mol. The van der Waals surface area contributed by atoms with Crippen molar-refractivity contribution in [1.82, 2.24) is 0 Å². The molecule has 0 heterocycles. The fraction of sp³-hybridized carbons (Fsp3) is 0.364. The Morgan fingerprint density at radius 2 is 2.19 bits per heavy atom. The fourth-order valence-electron chi connectivity index (χ4n) is 1.26. The summed E-state index contributed by atoms with van der Waals surface area (Å²) >= 11 is 3.14. The van der Waals surface area contributed by atoms with Crippen molar-refractivity contribution >= 4 is 21.9 Å². The molecule has 0 spiro atoms. The van der Waals surface area contributed by atoms with E-state index in [9.17, 15) is 9.18 Å². The SMILES string of the molecule is CCOC(=O)c1cc(OC)cc(F)c1CBr. The summed E-state index contributed by atoms with van der Waals surface area (Å²) in [5, 5.41) is 0.247. The van der Waals surface area contributed by atoms with Gasteiger partial charge < -0.3 is 9.47 Å². The Hall–Kier alpha value is -1.10. The molecule has 3 nitrogen and oxygen atoms in total. The second kappa shape index (κ2) is 5.84. The van der Waals surface area contributed by atoms with E-state index in [0.717, 1.165) is 0 Å². The number of rotatable bonds is 4. The molecule has 0 fully saturated rings. The van der Waals surface area contributed by atoms with E-state index in [2.05, 4.69) is 15.9 Å². The summed E-state index contributed by atoms with van der Waals surface area (Å²) in [6, 6.07) is 2.71. The maximum atomic E-state index is 13.6. The van der Waals surface area contributed by atoms with Crippen LogP contribution >= 0.6 is 15.9 Å². The first-order valence-electron chi connectivity index (χ1n) is 4.73. The Morgan fingerprint density at radius 3 is 2.69 bits per heavy atom. The highest BCUT2D eigenvalue weighted by molar-refractivity contribution is 9.08. The van der Waals surface area contributed by atoms with E-state index in [1.54, 1.807) is 6.92 Å². The zero-order valence-corrected chi connectivity index (χ0v) is 10.6. The predicted molar refractivity (Wildman–Crippen MR) is 61.5 cm³/mol. The van der Waals surface area contributed by atoms with Crippen molar-refractivity contribution in [2.45, 2.75) is 12.3 Å². The van der Waals surface area contributed by atoms with Gasteiger partial charge in [-0.15, -0.1) is 0 Å². The van der Waals surface area contributed by atoms with E-state index >= 15 is 0 Å². The maximum absolute atomic E-state index is 13.6. The normalized spacial score (nSPS) is 10.0. The molecule has 5 heteroatoms. The van der Waals surface area contributed by atoms with Crippen molar-refractivity contribution in [3.05, 3.63) is 29.1 Å². The molecule has 0 aromatic heterocycles. The van der Waals surface area contributed by atoms with Crippen LogP contribution in [0, 0.1) is 5.82 Å². The molecular formula is C11H12BrFO3. The first kappa shape index (κ1) is 13.0. The summed E-state index contributed by atoms with van der Waals surface area (Å²) in [4.78, 5) is 11.6. The van der Waals surface area contributed by atoms with Crippen LogP contribution in [-0.2, 0) is 10.1 Å². The van der Waals surface area contributed by atoms with Gasteiger partial charge in [-0.25, -0.2) is 9.18 Å². The topological polar surface area (TPSA) is 35.5 Å². The highest BCUT2D eigenvalue weighted by atomic mass is 79.9. The van der Waals surface area contributed by atoms with E-state index in [0.29, 0.717) is 5.75 Å². The Balaban J connectivity index is 3.22. The van der Waals surface area contributed by atoms with E-state index in [-0.39, 0.29) is 23.1 Å². The highest BCUT2D eigenvalue weighted by Crippen LogP contribution is 2.24. The van der Waals surface area contributed by atoms with Crippen molar-refractivity contribution in [3.63, 3.8) is 0 Å². The molecule has 1 rings (SSSR count). The Kier molecular flexibility index (Phi) is 4.73. The standard InChI is InChI=1S/C11H12BrFO3/c1-3-16-11(14)8-4-7(15-2)5-10(13)9(8)6-12/h4-5H,3,6H2,1-2H3. The lowest BCUT2D eigenvalue weighted by atomic mass is 10.1. The van der Waals surface area contributed by atoms with Crippen LogP contribution in [0.5, 0.6) is 5.75 Å². The number of ether oxygens (including phenoxy) is 2. The second-order valence-corrected chi connectivity index (χ2v) is 3.55. The molecule has 0 aliphatic rings. The number of benzene rings is 1. The smallest absolute Gasteiger partial charge is 0.338 e. The molecule has 0 aliphatic carbocycles. The fourth-order valence-corrected chi connectivity index (χ4v) is 1.83. The minimum absolute atomic E-state index is 0.190. The number of halogens is 2. The van der Waals surface area contributed by atoms with Crippen LogP contribution in [0.3, 0.4) is 0 Å². The summed E-state index contributed by atoms with van der Waals surface area (Å²) in [7, 11) is 1.41. The molecule has 1 aromatic rings. The number of alkyl halides is 1. The summed E-state index contributed by atoms with van der Waals surface area (Å²) in [5.74, 6) is -0.737. The third-order valence-electron chi connectivity index (χ3n) is 2.03. The summed E-state index contributed by atoms with van der Waals surface area (Å²) < 4.78 is 23.3. The lowest BCUT2D eigenvalue weighted by molar-refractivity contribution is 0.0524. The molecule has 0 atom stereocenters. The van der Waals surface area contributed by atoms with Crippen LogP contribution in [0.4, 0.5) is 4.39 Å². The third-order valence-corrected chi connectivity index (χ3v) is 2.59. The molecule has 0 saturated heterocycles. The van der Waals surface area contributed by atoms with E-state index in [1.165, 1.54) is 19.2 Å². The molecule has 0 radical (unpaired) electrons. The Morgan fingerprint density at radius 1 is 1.50 bits per heavy atom. The Labute approximate surface area is 102 Å². The zero-order chi connectivity index (χ0) is 12.1. The molecule has 0 amide bonds. The lowest BCUT2D eigenvalue weighted by Gasteiger charge is -2.10. The van der Waals surface area contributed by atoms with Gasteiger partial charge in [0, 0.05) is 17.0 Å². The number of methoxy groups -OCH3 is 1. The van der Waals surface area contributed by atoms with Gasteiger partial charge in [-0.2, -0.15) is 0 Å². The maximum Gasteiger partial charge on any atom is 0.338 e. The monoisotopic (exact) mass is 290 g/mol. The molecule has 16 heavy (non-hydrogen) atoms. The number of hydrogen-bond acceptors (Lipinski definition) is 3. The average molecular weight is 291 g/mol. The molecule has 0 N–H and O–H groups in total. The second-order valence-electron chi connectivity index (χ2n) is 2.99. The van der Waals surface area contributed by atoms with E-state index < -0.39 is 11.8 Å². The lowest BCUT2D eigenvalue weighted by Crippen LogP contribution is -2.09. The molecule has 0 unspecified atom stereocenters. The van der Waals surface area contributed by atoms with Crippen molar-refractivity contribution in [2.75, 3.05) is 13.7 Å². The van der Waals surface area contributed by atoms with Gasteiger partial charge in [-0.1, -0.05) is 15.9 Å². The number of carbonyl (C=O) groups excluding carboxylic acids is 1. The Bertz CT molecular complexity index is 393. The third kappa shape index (κ3) is 2.72. The zero-order valence-electron chi connectivity index (χ0n) is 9.05. The minimum atomic E-state index is -0.547. The first-order chi connectivity index (χ1) is 7.63. The quantitative estimate of drug-likeness (QED) is 0.632.